The zero-order valence-corrected chi connectivity index (χ0v) is 20.4. The van der Waals surface area contributed by atoms with Gasteiger partial charge in [-0.25, -0.2) is 9.37 Å². The molecule has 0 saturated carbocycles. The van der Waals surface area contributed by atoms with Crippen LogP contribution in [0.1, 0.15) is 63.3 Å². The highest BCUT2D eigenvalue weighted by molar-refractivity contribution is 6.04. The predicted octanol–water partition coefficient (Wildman–Crippen LogP) is 3.08. The van der Waals surface area contributed by atoms with Crippen LogP contribution in [-0.2, 0) is 7.05 Å². The monoisotopic (exact) mass is 503 g/mol. The first kappa shape index (κ1) is 25.2. The topological polar surface area (TPSA) is 160 Å². The minimum Gasteiger partial charge on any atom is -0.501 e. The van der Waals surface area contributed by atoms with E-state index in [1.54, 1.807) is 27.0 Å². The molecule has 1 amide bonds. The number of nitriles is 1. The van der Waals surface area contributed by atoms with Gasteiger partial charge in [0.1, 0.15) is 23.6 Å². The summed E-state index contributed by atoms with van der Waals surface area (Å²) in [5, 5.41) is 26.2. The van der Waals surface area contributed by atoms with Crippen molar-refractivity contribution >= 4 is 11.6 Å². The molecule has 0 saturated heterocycles. The first-order valence-electron chi connectivity index (χ1n) is 11.1. The van der Waals surface area contributed by atoms with E-state index in [2.05, 4.69) is 36.0 Å². The standard InChI is InChI=1S/C25H22FN7O4/c1-12-9-28-14(3)20(30-12)19(18-7-16(26)6-5-15(18)8-27)13(2)23-32-21(22(34)25(36)33(23)4)24(35)31-17-10-29-37-11-17/h5-7,9-11,13,19,34H,1-4H3,(H,31,35)/t13-,19-/m0/s1. The van der Waals surface area contributed by atoms with Crippen LogP contribution in [0.2, 0.25) is 0 Å². The van der Waals surface area contributed by atoms with Gasteiger partial charge in [0.2, 0.25) is 5.75 Å². The number of aryl methyl sites for hydroxylation is 2. The molecule has 1 aromatic carbocycles. The lowest BCUT2D eigenvalue weighted by Crippen LogP contribution is -2.30. The number of benzene rings is 1. The second-order valence-corrected chi connectivity index (χ2v) is 8.49. The molecule has 0 aliphatic rings. The Morgan fingerprint density at radius 1 is 1.27 bits per heavy atom. The average molecular weight is 503 g/mol. The van der Waals surface area contributed by atoms with E-state index in [0.29, 0.717) is 22.6 Å². The summed E-state index contributed by atoms with van der Waals surface area (Å²) in [5.74, 6) is -3.69. The fourth-order valence-electron chi connectivity index (χ4n) is 4.18. The fourth-order valence-corrected chi connectivity index (χ4v) is 4.18. The summed E-state index contributed by atoms with van der Waals surface area (Å²) in [6, 6.07) is 5.86. The van der Waals surface area contributed by atoms with E-state index in [-0.39, 0.29) is 17.1 Å². The van der Waals surface area contributed by atoms with Gasteiger partial charge in [-0.15, -0.1) is 0 Å². The molecule has 2 N–H and O–H groups in total. The van der Waals surface area contributed by atoms with Gasteiger partial charge in [0.15, 0.2) is 5.69 Å². The van der Waals surface area contributed by atoms with Crippen molar-refractivity contribution in [3.05, 3.63) is 92.8 Å². The Bertz CT molecular complexity index is 1590. The van der Waals surface area contributed by atoms with E-state index in [1.807, 2.05) is 0 Å². The van der Waals surface area contributed by atoms with Crippen molar-refractivity contribution in [2.45, 2.75) is 32.6 Å². The fraction of sp³-hybridized carbons (Fsp3) is 0.240. The summed E-state index contributed by atoms with van der Waals surface area (Å²) in [4.78, 5) is 39.1. The molecule has 4 rings (SSSR count). The summed E-state index contributed by atoms with van der Waals surface area (Å²) >= 11 is 0. The number of aromatic hydroxyl groups is 1. The van der Waals surface area contributed by atoms with Crippen molar-refractivity contribution in [3.8, 4) is 11.8 Å². The average Bonchev–Trinajstić information content (AvgIpc) is 3.38. The molecule has 12 heteroatoms. The van der Waals surface area contributed by atoms with Crippen LogP contribution in [0.3, 0.4) is 0 Å². The molecule has 0 bridgehead atoms. The number of nitrogens with one attached hydrogen (secondary N) is 1. The third-order valence-electron chi connectivity index (χ3n) is 5.99. The van der Waals surface area contributed by atoms with Gasteiger partial charge in [0, 0.05) is 25.1 Å². The number of aromatic nitrogens is 5. The molecule has 188 valence electrons. The molecule has 0 aliphatic carbocycles. The molecular weight excluding hydrogens is 481 g/mol. The first-order valence-corrected chi connectivity index (χ1v) is 11.1. The normalized spacial score (nSPS) is 12.5. The van der Waals surface area contributed by atoms with Crippen LogP contribution >= 0.6 is 0 Å². The number of anilines is 1. The van der Waals surface area contributed by atoms with Crippen LogP contribution in [0.4, 0.5) is 10.1 Å². The van der Waals surface area contributed by atoms with E-state index < -0.39 is 40.6 Å². The van der Waals surface area contributed by atoms with Crippen molar-refractivity contribution in [1.29, 1.82) is 5.26 Å². The Labute approximate surface area is 210 Å². The Hall–Kier alpha value is -4.92. The van der Waals surface area contributed by atoms with E-state index in [1.165, 1.54) is 37.7 Å². The van der Waals surface area contributed by atoms with Crippen molar-refractivity contribution in [2.75, 3.05) is 5.32 Å². The molecule has 0 radical (unpaired) electrons. The summed E-state index contributed by atoms with van der Waals surface area (Å²) in [6.45, 7) is 5.19. The number of carbonyl (C=O) groups is 1. The van der Waals surface area contributed by atoms with Gasteiger partial charge in [-0.1, -0.05) is 12.1 Å². The van der Waals surface area contributed by atoms with Gasteiger partial charge in [-0.3, -0.25) is 24.1 Å². The lowest BCUT2D eigenvalue weighted by molar-refractivity contribution is 0.101. The van der Waals surface area contributed by atoms with E-state index in [4.69, 9.17) is 0 Å². The van der Waals surface area contributed by atoms with Crippen molar-refractivity contribution < 1.29 is 18.8 Å². The molecule has 0 spiro atoms. The smallest absolute Gasteiger partial charge is 0.296 e. The minimum atomic E-state index is -0.863. The Morgan fingerprint density at radius 2 is 2.03 bits per heavy atom. The van der Waals surface area contributed by atoms with Gasteiger partial charge in [-0.05, 0) is 37.6 Å². The minimum absolute atomic E-state index is 0.0964. The van der Waals surface area contributed by atoms with Crippen LogP contribution in [0, 0.1) is 31.0 Å². The highest BCUT2D eigenvalue weighted by Gasteiger charge is 2.33. The van der Waals surface area contributed by atoms with E-state index >= 15 is 0 Å². The maximum Gasteiger partial charge on any atom is 0.296 e. The zero-order valence-electron chi connectivity index (χ0n) is 20.4. The van der Waals surface area contributed by atoms with Gasteiger partial charge in [-0.2, -0.15) is 5.26 Å². The zero-order chi connectivity index (χ0) is 26.9. The second kappa shape index (κ2) is 9.98. The summed E-state index contributed by atoms with van der Waals surface area (Å²) in [6.07, 6.45) is 3.99. The molecule has 4 aromatic rings. The lowest BCUT2D eigenvalue weighted by atomic mass is 9.80. The van der Waals surface area contributed by atoms with Gasteiger partial charge < -0.3 is 14.9 Å². The molecule has 37 heavy (non-hydrogen) atoms. The number of hydrogen-bond donors (Lipinski definition) is 2. The number of amides is 1. The SMILES string of the molecule is Cc1cnc(C)c([C@H](c2cc(F)ccc2C#N)[C@H](C)c2nc(C(=O)Nc3cnoc3)c(O)c(=O)n2C)n1. The molecule has 0 unspecified atom stereocenters. The molecule has 0 fully saturated rings. The third kappa shape index (κ3) is 4.79. The number of rotatable bonds is 6. The largest absolute Gasteiger partial charge is 0.501 e. The van der Waals surface area contributed by atoms with Crippen LogP contribution < -0.4 is 10.9 Å². The highest BCUT2D eigenvalue weighted by atomic mass is 19.1. The Morgan fingerprint density at radius 3 is 2.70 bits per heavy atom. The maximum atomic E-state index is 14.4. The van der Waals surface area contributed by atoms with E-state index in [0.717, 1.165) is 4.57 Å². The van der Waals surface area contributed by atoms with Crippen LogP contribution in [-0.4, -0.2) is 35.7 Å². The van der Waals surface area contributed by atoms with Crippen molar-refractivity contribution in [1.82, 2.24) is 24.7 Å². The van der Waals surface area contributed by atoms with Crippen molar-refractivity contribution in [2.24, 2.45) is 7.05 Å². The molecule has 3 aromatic heterocycles. The molecule has 3 heterocycles. The van der Waals surface area contributed by atoms with E-state index in [9.17, 15) is 24.3 Å². The van der Waals surface area contributed by atoms with Crippen LogP contribution in [0.5, 0.6) is 5.75 Å². The highest BCUT2D eigenvalue weighted by Crippen LogP contribution is 2.39. The quantitative estimate of drug-likeness (QED) is 0.403. The second-order valence-electron chi connectivity index (χ2n) is 8.49. The number of hydrogen-bond acceptors (Lipinski definition) is 9. The predicted molar refractivity (Wildman–Crippen MR) is 128 cm³/mol. The summed E-state index contributed by atoms with van der Waals surface area (Å²) < 4.78 is 20.2. The third-order valence-corrected chi connectivity index (χ3v) is 5.99. The van der Waals surface area contributed by atoms with Gasteiger partial charge >= 0.3 is 0 Å². The van der Waals surface area contributed by atoms with Gasteiger partial charge in [0.05, 0.1) is 34.9 Å². The maximum absolute atomic E-state index is 14.4. The van der Waals surface area contributed by atoms with Crippen LogP contribution in [0.15, 0.2) is 46.2 Å². The Balaban J connectivity index is 1.93. The molecule has 11 nitrogen and oxygen atoms in total. The number of nitrogens with zero attached hydrogens (tertiary/aromatic N) is 6. The Kier molecular flexibility index (Phi) is 6.79. The first-order chi connectivity index (χ1) is 17.6. The van der Waals surface area contributed by atoms with Crippen LogP contribution in [0.25, 0.3) is 0 Å². The summed E-state index contributed by atoms with van der Waals surface area (Å²) in [5.41, 5.74) is 0.912. The molecule has 0 aliphatic heterocycles. The lowest BCUT2D eigenvalue weighted by Gasteiger charge is -2.27. The number of carbonyl (C=O) groups excluding carboxylic acids is 1. The molecule has 2 atom stereocenters. The van der Waals surface area contributed by atoms with Gasteiger partial charge in [0.25, 0.3) is 11.5 Å². The summed E-state index contributed by atoms with van der Waals surface area (Å²) in [7, 11) is 1.39. The van der Waals surface area contributed by atoms with Crippen molar-refractivity contribution in [3.63, 3.8) is 0 Å². The molecular formula is C25H22FN7O4. The number of halogens is 1.